The minimum Gasteiger partial charge on any atom is -0.289 e. The van der Waals surface area contributed by atoms with Gasteiger partial charge in [-0.3, -0.25) is 4.79 Å². The summed E-state index contributed by atoms with van der Waals surface area (Å²) in [5.74, 6) is 0.0914. The molecule has 20 heavy (non-hydrogen) atoms. The third-order valence-corrected chi connectivity index (χ3v) is 3.13. The zero-order chi connectivity index (χ0) is 14.8. The van der Waals surface area contributed by atoms with Crippen LogP contribution in [0.5, 0.6) is 0 Å². The molecule has 106 valence electrons. The SMILES string of the molecule is CCCCC.Cc1ccccc1C(=O)c1ccccc1. The average molecular weight is 268 g/mol. The zero-order valence-corrected chi connectivity index (χ0v) is 12.7. The van der Waals surface area contributed by atoms with Crippen LogP contribution in [-0.2, 0) is 0 Å². The maximum atomic E-state index is 12.1. The van der Waals surface area contributed by atoms with Crippen molar-refractivity contribution in [1.82, 2.24) is 0 Å². The van der Waals surface area contributed by atoms with Gasteiger partial charge in [-0.25, -0.2) is 0 Å². The first kappa shape index (κ1) is 16.2. The average Bonchev–Trinajstić information content (AvgIpc) is 2.49. The number of benzene rings is 2. The van der Waals surface area contributed by atoms with Crippen molar-refractivity contribution in [3.63, 3.8) is 0 Å². The number of hydrogen-bond acceptors (Lipinski definition) is 1. The smallest absolute Gasteiger partial charge is 0.193 e. The van der Waals surface area contributed by atoms with Gasteiger partial charge < -0.3 is 0 Å². The van der Waals surface area contributed by atoms with E-state index in [1.165, 1.54) is 19.3 Å². The Morgan fingerprint density at radius 3 is 1.90 bits per heavy atom. The van der Waals surface area contributed by atoms with E-state index in [2.05, 4.69) is 13.8 Å². The fraction of sp³-hybridized carbons (Fsp3) is 0.316. The van der Waals surface area contributed by atoms with Crippen LogP contribution in [0.4, 0.5) is 0 Å². The highest BCUT2D eigenvalue weighted by molar-refractivity contribution is 6.09. The number of hydrogen-bond donors (Lipinski definition) is 0. The summed E-state index contributed by atoms with van der Waals surface area (Å²) < 4.78 is 0. The summed E-state index contributed by atoms with van der Waals surface area (Å²) in [7, 11) is 0. The van der Waals surface area contributed by atoms with Crippen molar-refractivity contribution in [3.05, 3.63) is 71.3 Å². The molecule has 0 bridgehead atoms. The number of rotatable bonds is 4. The molecule has 1 nitrogen and oxygen atoms in total. The normalized spacial score (nSPS) is 9.55. The van der Waals surface area contributed by atoms with Gasteiger partial charge in [0.1, 0.15) is 0 Å². The molecule has 0 unspecified atom stereocenters. The Morgan fingerprint density at radius 1 is 0.850 bits per heavy atom. The summed E-state index contributed by atoms with van der Waals surface area (Å²) in [6.45, 7) is 6.38. The molecule has 0 N–H and O–H groups in total. The van der Waals surface area contributed by atoms with Gasteiger partial charge in [-0.15, -0.1) is 0 Å². The van der Waals surface area contributed by atoms with Crippen LogP contribution in [0.2, 0.25) is 0 Å². The van der Waals surface area contributed by atoms with Crippen LogP contribution in [0.25, 0.3) is 0 Å². The molecule has 0 aromatic heterocycles. The van der Waals surface area contributed by atoms with E-state index >= 15 is 0 Å². The van der Waals surface area contributed by atoms with Gasteiger partial charge in [0.2, 0.25) is 0 Å². The van der Waals surface area contributed by atoms with Crippen molar-refractivity contribution >= 4 is 5.78 Å². The molecule has 0 spiro atoms. The van der Waals surface area contributed by atoms with Crippen molar-refractivity contribution < 1.29 is 4.79 Å². The third kappa shape index (κ3) is 5.00. The predicted molar refractivity (Wildman–Crippen MR) is 86.3 cm³/mol. The van der Waals surface area contributed by atoms with E-state index in [4.69, 9.17) is 0 Å². The van der Waals surface area contributed by atoms with E-state index in [1.807, 2.05) is 61.5 Å². The molecule has 0 amide bonds. The molecule has 0 atom stereocenters. The Kier molecular flexibility index (Phi) is 7.34. The number of aryl methyl sites for hydroxylation is 1. The summed E-state index contributed by atoms with van der Waals surface area (Å²) in [6, 6.07) is 17.0. The molecule has 2 aromatic carbocycles. The van der Waals surface area contributed by atoms with Crippen LogP contribution in [0.1, 0.15) is 54.6 Å². The number of ketones is 1. The molecule has 1 heteroatoms. The highest BCUT2D eigenvalue weighted by Gasteiger charge is 2.09. The number of unbranched alkanes of at least 4 members (excludes halogenated alkanes) is 2. The molecule has 0 fully saturated rings. The minimum atomic E-state index is 0.0914. The van der Waals surface area contributed by atoms with Crippen molar-refractivity contribution in [2.45, 2.75) is 40.0 Å². The third-order valence-electron chi connectivity index (χ3n) is 3.13. The molecule has 0 radical (unpaired) electrons. The Morgan fingerprint density at radius 2 is 1.40 bits per heavy atom. The highest BCUT2D eigenvalue weighted by Crippen LogP contribution is 2.13. The lowest BCUT2D eigenvalue weighted by molar-refractivity contribution is 0.103. The van der Waals surface area contributed by atoms with Gasteiger partial charge in [0.05, 0.1) is 0 Å². The van der Waals surface area contributed by atoms with Crippen molar-refractivity contribution in [3.8, 4) is 0 Å². The fourth-order valence-electron chi connectivity index (χ4n) is 1.93. The van der Waals surface area contributed by atoms with E-state index in [0.29, 0.717) is 0 Å². The Bertz CT molecular complexity index is 512. The van der Waals surface area contributed by atoms with Crippen molar-refractivity contribution in [2.75, 3.05) is 0 Å². The molecule has 0 saturated carbocycles. The van der Waals surface area contributed by atoms with Gasteiger partial charge in [-0.2, -0.15) is 0 Å². The molecular weight excluding hydrogens is 244 g/mol. The van der Waals surface area contributed by atoms with Crippen LogP contribution < -0.4 is 0 Å². The summed E-state index contributed by atoms with van der Waals surface area (Å²) >= 11 is 0. The van der Waals surface area contributed by atoms with Gasteiger partial charge in [-0.1, -0.05) is 87.7 Å². The molecular formula is C19H24O. The van der Waals surface area contributed by atoms with E-state index in [1.54, 1.807) is 0 Å². The second-order valence-electron chi connectivity index (χ2n) is 4.86. The summed E-state index contributed by atoms with van der Waals surface area (Å²) in [4.78, 5) is 12.1. The second kappa shape index (κ2) is 9.08. The van der Waals surface area contributed by atoms with Crippen LogP contribution in [0.15, 0.2) is 54.6 Å². The quantitative estimate of drug-likeness (QED) is 0.676. The Labute approximate surface area is 122 Å². The van der Waals surface area contributed by atoms with Crippen LogP contribution >= 0.6 is 0 Å². The zero-order valence-electron chi connectivity index (χ0n) is 12.7. The lowest BCUT2D eigenvalue weighted by Crippen LogP contribution is -2.02. The van der Waals surface area contributed by atoms with Crippen LogP contribution in [-0.4, -0.2) is 5.78 Å². The predicted octanol–water partition coefficient (Wildman–Crippen LogP) is 5.42. The van der Waals surface area contributed by atoms with Gasteiger partial charge in [0.25, 0.3) is 0 Å². The van der Waals surface area contributed by atoms with E-state index in [-0.39, 0.29) is 5.78 Å². The molecule has 0 aliphatic heterocycles. The first-order valence-corrected chi connectivity index (χ1v) is 7.36. The standard InChI is InChI=1S/C14H12O.C5H12/c1-11-7-5-6-10-13(11)14(15)12-8-3-2-4-9-12;1-3-5-4-2/h2-10H,1H3;3-5H2,1-2H3. The molecule has 0 saturated heterocycles. The minimum absolute atomic E-state index is 0.0914. The van der Waals surface area contributed by atoms with Gasteiger partial charge >= 0.3 is 0 Å². The number of carbonyl (C=O) groups excluding carboxylic acids is 1. The van der Waals surface area contributed by atoms with Crippen molar-refractivity contribution in [2.24, 2.45) is 0 Å². The second-order valence-corrected chi connectivity index (χ2v) is 4.86. The Hall–Kier alpha value is -1.89. The summed E-state index contributed by atoms with van der Waals surface area (Å²) in [5.41, 5.74) is 2.54. The topological polar surface area (TPSA) is 17.1 Å². The molecule has 2 rings (SSSR count). The monoisotopic (exact) mass is 268 g/mol. The van der Waals surface area contributed by atoms with Crippen LogP contribution in [0, 0.1) is 6.92 Å². The summed E-state index contributed by atoms with van der Waals surface area (Å²) in [5, 5.41) is 0. The first-order valence-electron chi connectivity index (χ1n) is 7.36. The molecule has 0 aliphatic rings. The molecule has 2 aromatic rings. The van der Waals surface area contributed by atoms with Gasteiger partial charge in [0.15, 0.2) is 5.78 Å². The van der Waals surface area contributed by atoms with E-state index in [0.717, 1.165) is 16.7 Å². The first-order chi connectivity index (χ1) is 9.70. The molecule has 0 aliphatic carbocycles. The lowest BCUT2D eigenvalue weighted by atomic mass is 9.99. The lowest BCUT2D eigenvalue weighted by Gasteiger charge is -2.03. The Balaban J connectivity index is 0.000000347. The highest BCUT2D eigenvalue weighted by atomic mass is 16.1. The fourth-order valence-corrected chi connectivity index (χ4v) is 1.93. The molecule has 0 heterocycles. The van der Waals surface area contributed by atoms with Gasteiger partial charge in [-0.05, 0) is 12.5 Å². The van der Waals surface area contributed by atoms with Gasteiger partial charge in [0, 0.05) is 11.1 Å². The van der Waals surface area contributed by atoms with Crippen molar-refractivity contribution in [1.29, 1.82) is 0 Å². The van der Waals surface area contributed by atoms with Crippen LogP contribution in [0.3, 0.4) is 0 Å². The maximum Gasteiger partial charge on any atom is 0.193 e. The maximum absolute atomic E-state index is 12.1. The number of carbonyl (C=O) groups is 1. The largest absolute Gasteiger partial charge is 0.289 e. The van der Waals surface area contributed by atoms with E-state index in [9.17, 15) is 4.79 Å². The van der Waals surface area contributed by atoms with E-state index < -0.39 is 0 Å². The summed E-state index contributed by atoms with van der Waals surface area (Å²) in [6.07, 6.45) is 4.08.